The number of ether oxygens (including phenoxy) is 1. The van der Waals surface area contributed by atoms with Gasteiger partial charge in [0.25, 0.3) is 0 Å². The zero-order valence-corrected chi connectivity index (χ0v) is 16.6. The minimum Gasteiger partial charge on any atom is -0.444 e. The maximum absolute atomic E-state index is 12.2. The van der Waals surface area contributed by atoms with Crippen LogP contribution in [-0.2, 0) is 4.74 Å². The van der Waals surface area contributed by atoms with Crippen LogP contribution in [0.4, 0.5) is 10.6 Å². The van der Waals surface area contributed by atoms with E-state index in [2.05, 4.69) is 15.1 Å². The maximum atomic E-state index is 12.2. The van der Waals surface area contributed by atoms with Gasteiger partial charge in [-0.2, -0.15) is 5.10 Å². The molecule has 6 nitrogen and oxygen atoms in total. The first-order valence-corrected chi connectivity index (χ1v) is 9.23. The number of nitrogens with one attached hydrogen (secondary N) is 1. The molecule has 0 radical (unpaired) electrons. The Kier molecular flexibility index (Phi) is 5.34. The Labute approximate surface area is 163 Å². The standard InChI is InChI=1S/C18H22Cl2N4O2/c1-18(2,3)26-17(25)24-9-7-23(8-10-24)15-11-14(21-22-15)12-5-4-6-13(19)16(12)20/h4-6,11H,7-10H2,1-3H3,(H,21,22). The Bertz CT molecular complexity index is 793. The van der Waals surface area contributed by atoms with E-state index in [0.29, 0.717) is 36.2 Å². The molecule has 1 saturated heterocycles. The zero-order chi connectivity index (χ0) is 18.9. The van der Waals surface area contributed by atoms with Gasteiger partial charge >= 0.3 is 6.09 Å². The van der Waals surface area contributed by atoms with Crippen LogP contribution in [0.5, 0.6) is 0 Å². The molecule has 1 N–H and O–H groups in total. The number of carbonyl (C=O) groups is 1. The lowest BCUT2D eigenvalue weighted by atomic mass is 10.1. The molecule has 0 unspecified atom stereocenters. The smallest absolute Gasteiger partial charge is 0.410 e. The molecule has 1 aromatic heterocycles. The van der Waals surface area contributed by atoms with Crippen LogP contribution in [-0.4, -0.2) is 53.0 Å². The van der Waals surface area contributed by atoms with E-state index in [4.69, 9.17) is 27.9 Å². The third-order valence-electron chi connectivity index (χ3n) is 4.06. The van der Waals surface area contributed by atoms with Crippen molar-refractivity contribution in [1.29, 1.82) is 0 Å². The summed E-state index contributed by atoms with van der Waals surface area (Å²) in [4.78, 5) is 16.0. The van der Waals surface area contributed by atoms with E-state index in [1.165, 1.54) is 0 Å². The average molecular weight is 397 g/mol. The molecule has 0 atom stereocenters. The fourth-order valence-corrected chi connectivity index (χ4v) is 3.17. The normalized spacial score (nSPS) is 15.3. The highest BCUT2D eigenvalue weighted by molar-refractivity contribution is 6.43. The van der Waals surface area contributed by atoms with Crippen LogP contribution >= 0.6 is 23.2 Å². The largest absolute Gasteiger partial charge is 0.444 e. The number of piperazine rings is 1. The molecule has 1 amide bonds. The molecule has 0 spiro atoms. The number of benzene rings is 1. The summed E-state index contributed by atoms with van der Waals surface area (Å²) in [6.45, 7) is 8.16. The first-order chi connectivity index (χ1) is 12.2. The molecule has 0 bridgehead atoms. The van der Waals surface area contributed by atoms with Gasteiger partial charge in [-0.25, -0.2) is 4.79 Å². The summed E-state index contributed by atoms with van der Waals surface area (Å²) in [6, 6.07) is 7.44. The fraction of sp³-hybridized carbons (Fsp3) is 0.444. The minimum atomic E-state index is -0.485. The number of aromatic amines is 1. The number of amides is 1. The highest BCUT2D eigenvalue weighted by Gasteiger charge is 2.26. The molecule has 1 fully saturated rings. The second kappa shape index (κ2) is 7.37. The van der Waals surface area contributed by atoms with Crippen molar-refractivity contribution in [2.24, 2.45) is 0 Å². The molecular weight excluding hydrogens is 375 g/mol. The van der Waals surface area contributed by atoms with Crippen LogP contribution in [0, 0.1) is 0 Å². The number of H-pyrrole nitrogens is 1. The van der Waals surface area contributed by atoms with E-state index in [1.54, 1.807) is 11.0 Å². The summed E-state index contributed by atoms with van der Waals surface area (Å²) < 4.78 is 5.42. The quantitative estimate of drug-likeness (QED) is 0.814. The molecule has 8 heteroatoms. The Morgan fingerprint density at radius 3 is 2.54 bits per heavy atom. The Morgan fingerprint density at radius 2 is 1.88 bits per heavy atom. The zero-order valence-electron chi connectivity index (χ0n) is 15.1. The molecular formula is C18H22Cl2N4O2. The number of hydrogen-bond donors (Lipinski definition) is 1. The number of carbonyl (C=O) groups excluding carboxylic acids is 1. The topological polar surface area (TPSA) is 61.5 Å². The van der Waals surface area contributed by atoms with Crippen molar-refractivity contribution in [1.82, 2.24) is 15.1 Å². The lowest BCUT2D eigenvalue weighted by molar-refractivity contribution is 0.0240. The fourth-order valence-electron chi connectivity index (χ4n) is 2.77. The van der Waals surface area contributed by atoms with Crippen molar-refractivity contribution >= 4 is 35.1 Å². The second-order valence-electron chi connectivity index (χ2n) is 7.20. The summed E-state index contributed by atoms with van der Waals surface area (Å²) in [7, 11) is 0. The van der Waals surface area contributed by atoms with Gasteiger partial charge in [0.1, 0.15) is 5.60 Å². The Hall–Kier alpha value is -1.92. The molecule has 1 aromatic carbocycles. The van der Waals surface area contributed by atoms with Crippen molar-refractivity contribution in [3.8, 4) is 11.3 Å². The highest BCUT2D eigenvalue weighted by atomic mass is 35.5. The van der Waals surface area contributed by atoms with Crippen LogP contribution in [0.2, 0.25) is 10.0 Å². The summed E-state index contributed by atoms with van der Waals surface area (Å²) in [6.07, 6.45) is -0.273. The highest BCUT2D eigenvalue weighted by Crippen LogP contribution is 2.33. The summed E-state index contributed by atoms with van der Waals surface area (Å²) >= 11 is 12.4. The van der Waals surface area contributed by atoms with Crippen molar-refractivity contribution < 1.29 is 9.53 Å². The second-order valence-corrected chi connectivity index (χ2v) is 7.98. The maximum Gasteiger partial charge on any atom is 0.410 e. The molecule has 0 saturated carbocycles. The van der Waals surface area contributed by atoms with Crippen LogP contribution in [0.1, 0.15) is 20.8 Å². The third-order valence-corrected chi connectivity index (χ3v) is 4.88. The number of rotatable bonds is 2. The van der Waals surface area contributed by atoms with Gasteiger partial charge in [0, 0.05) is 37.8 Å². The summed E-state index contributed by atoms with van der Waals surface area (Å²) in [5.41, 5.74) is 1.13. The number of hydrogen-bond acceptors (Lipinski definition) is 4. The van der Waals surface area contributed by atoms with Crippen LogP contribution in [0.3, 0.4) is 0 Å². The van der Waals surface area contributed by atoms with E-state index in [1.807, 2.05) is 39.0 Å². The van der Waals surface area contributed by atoms with Gasteiger partial charge in [0.15, 0.2) is 5.82 Å². The lowest BCUT2D eigenvalue weighted by Gasteiger charge is -2.35. The SMILES string of the molecule is CC(C)(C)OC(=O)N1CCN(c2cc(-c3cccc(Cl)c3Cl)[nH]n2)CC1. The van der Waals surface area contributed by atoms with Gasteiger partial charge < -0.3 is 14.5 Å². The van der Waals surface area contributed by atoms with Gasteiger partial charge in [0.05, 0.1) is 15.7 Å². The van der Waals surface area contributed by atoms with Crippen LogP contribution in [0.25, 0.3) is 11.3 Å². The molecule has 0 aliphatic carbocycles. The molecule has 3 rings (SSSR count). The third kappa shape index (κ3) is 4.24. The molecule has 140 valence electrons. The van der Waals surface area contributed by atoms with E-state index < -0.39 is 5.60 Å². The van der Waals surface area contributed by atoms with Gasteiger partial charge in [-0.1, -0.05) is 35.3 Å². The molecule has 26 heavy (non-hydrogen) atoms. The first-order valence-electron chi connectivity index (χ1n) is 8.47. The van der Waals surface area contributed by atoms with Crippen LogP contribution in [0.15, 0.2) is 24.3 Å². The van der Waals surface area contributed by atoms with E-state index >= 15 is 0 Å². The van der Waals surface area contributed by atoms with Crippen molar-refractivity contribution in [3.05, 3.63) is 34.3 Å². The number of anilines is 1. The lowest BCUT2D eigenvalue weighted by Crippen LogP contribution is -2.50. The monoisotopic (exact) mass is 396 g/mol. The summed E-state index contributed by atoms with van der Waals surface area (Å²) in [5.74, 6) is 0.819. The van der Waals surface area contributed by atoms with Gasteiger partial charge in [0.2, 0.25) is 0 Å². The van der Waals surface area contributed by atoms with E-state index in [-0.39, 0.29) is 6.09 Å². The summed E-state index contributed by atoms with van der Waals surface area (Å²) in [5, 5.41) is 8.40. The number of aromatic nitrogens is 2. The van der Waals surface area contributed by atoms with Crippen molar-refractivity contribution in [3.63, 3.8) is 0 Å². The first kappa shape index (κ1) is 18.9. The van der Waals surface area contributed by atoms with E-state index in [9.17, 15) is 4.79 Å². The minimum absolute atomic E-state index is 0.273. The average Bonchev–Trinajstić information content (AvgIpc) is 3.06. The van der Waals surface area contributed by atoms with Gasteiger partial charge in [-0.15, -0.1) is 0 Å². The van der Waals surface area contributed by atoms with Crippen molar-refractivity contribution in [2.75, 3.05) is 31.1 Å². The molecule has 1 aliphatic heterocycles. The molecule has 2 aromatic rings. The predicted octanol–water partition coefficient (Wildman–Crippen LogP) is 4.44. The van der Waals surface area contributed by atoms with Gasteiger partial charge in [-0.3, -0.25) is 5.10 Å². The number of halogens is 2. The van der Waals surface area contributed by atoms with Crippen LogP contribution < -0.4 is 4.90 Å². The molecule has 1 aliphatic rings. The van der Waals surface area contributed by atoms with Gasteiger partial charge in [-0.05, 0) is 26.8 Å². The van der Waals surface area contributed by atoms with Crippen molar-refractivity contribution in [2.45, 2.75) is 26.4 Å². The van der Waals surface area contributed by atoms with E-state index in [0.717, 1.165) is 17.1 Å². The Balaban J connectivity index is 1.65. The number of nitrogens with zero attached hydrogens (tertiary/aromatic N) is 3. The Morgan fingerprint density at radius 1 is 1.19 bits per heavy atom. The predicted molar refractivity (Wildman–Crippen MR) is 104 cm³/mol. The molecule has 2 heterocycles.